The molecule has 0 spiro atoms. The molecule has 0 fully saturated rings. The fourth-order valence-corrected chi connectivity index (χ4v) is 1.16. The van der Waals surface area contributed by atoms with Crippen LogP contribution in [0, 0.1) is 0 Å². The van der Waals surface area contributed by atoms with Gasteiger partial charge in [0.2, 0.25) is 0 Å². The second-order valence-electron chi connectivity index (χ2n) is 2.38. The van der Waals surface area contributed by atoms with Gasteiger partial charge in [0.05, 0.1) is 6.61 Å². The maximum atomic E-state index is 9.02. The zero-order valence-corrected chi connectivity index (χ0v) is 5.45. The van der Waals surface area contributed by atoms with Gasteiger partial charge in [-0.05, 0) is 17.7 Å². The van der Waals surface area contributed by atoms with E-state index in [1.54, 1.807) is 12.2 Å². The lowest BCUT2D eigenvalue weighted by atomic mass is 10.1. The Morgan fingerprint density at radius 1 is 1.50 bits per heavy atom. The van der Waals surface area contributed by atoms with Crippen LogP contribution in [0.1, 0.15) is 0 Å². The van der Waals surface area contributed by atoms with Crippen LogP contribution in [0.4, 0.5) is 0 Å². The molecule has 0 saturated heterocycles. The van der Waals surface area contributed by atoms with Gasteiger partial charge in [-0.1, -0.05) is 12.2 Å². The minimum absolute atomic E-state index is 0.00463. The summed E-state index contributed by atoms with van der Waals surface area (Å²) in [7, 11) is 0. The van der Waals surface area contributed by atoms with Gasteiger partial charge in [0.25, 0.3) is 0 Å². The molecule has 0 aromatic carbocycles. The van der Waals surface area contributed by atoms with Crippen molar-refractivity contribution in [2.24, 2.45) is 0 Å². The minimum atomic E-state index is 0.00463. The van der Waals surface area contributed by atoms with Crippen molar-refractivity contribution in [2.45, 2.75) is 6.10 Å². The summed E-state index contributed by atoms with van der Waals surface area (Å²) in [5, 5.41) is 9.02. The highest BCUT2D eigenvalue weighted by Crippen LogP contribution is 2.21. The van der Waals surface area contributed by atoms with Crippen molar-refractivity contribution in [2.75, 3.05) is 6.61 Å². The molecule has 1 heterocycles. The lowest BCUT2D eigenvalue weighted by Gasteiger charge is -2.10. The van der Waals surface area contributed by atoms with Crippen LogP contribution in [0.2, 0.25) is 0 Å². The fraction of sp³-hybridized carbons (Fsp3) is 0.250. The van der Waals surface area contributed by atoms with Crippen LogP contribution >= 0.6 is 0 Å². The second kappa shape index (κ2) is 1.99. The summed E-state index contributed by atoms with van der Waals surface area (Å²) in [6, 6.07) is 0. The third kappa shape index (κ3) is 0.772. The number of aliphatic hydroxyl groups is 1. The van der Waals surface area contributed by atoms with Crippen molar-refractivity contribution in [3.8, 4) is 0 Å². The predicted octanol–water partition coefficient (Wildman–Crippen LogP) is 1.32. The van der Waals surface area contributed by atoms with Gasteiger partial charge in [0.1, 0.15) is 11.9 Å². The first-order valence-electron chi connectivity index (χ1n) is 3.27. The first kappa shape index (κ1) is 5.74. The summed E-state index contributed by atoms with van der Waals surface area (Å²) < 4.78 is 5.25. The summed E-state index contributed by atoms with van der Waals surface area (Å²) in [5.41, 5.74) is 1.15. The predicted molar refractivity (Wildman–Crippen MR) is 37.7 cm³/mol. The average Bonchev–Trinajstić information content (AvgIpc) is 2.33. The molecule has 2 aliphatic rings. The number of hydrogen-bond donors (Lipinski definition) is 1. The maximum Gasteiger partial charge on any atom is 0.114 e. The number of fused-ring (bicyclic) bond motifs is 1. The van der Waals surface area contributed by atoms with E-state index in [0.29, 0.717) is 12.4 Å². The zero-order valence-electron chi connectivity index (χ0n) is 5.45. The van der Waals surface area contributed by atoms with Crippen molar-refractivity contribution in [3.63, 3.8) is 0 Å². The molecule has 10 heavy (non-hydrogen) atoms. The van der Waals surface area contributed by atoms with Gasteiger partial charge in [0, 0.05) is 0 Å². The van der Waals surface area contributed by atoms with Crippen LogP contribution < -0.4 is 0 Å². The molecule has 52 valence electrons. The van der Waals surface area contributed by atoms with Crippen LogP contribution in [-0.4, -0.2) is 17.8 Å². The largest absolute Gasteiger partial charge is 0.508 e. The molecular weight excluding hydrogens is 128 g/mol. The third-order valence-electron chi connectivity index (χ3n) is 1.69. The van der Waals surface area contributed by atoms with E-state index in [1.165, 1.54) is 0 Å². The van der Waals surface area contributed by atoms with Gasteiger partial charge >= 0.3 is 0 Å². The summed E-state index contributed by atoms with van der Waals surface area (Å²) in [4.78, 5) is 0. The van der Waals surface area contributed by atoms with E-state index < -0.39 is 0 Å². The molecule has 0 bridgehead atoms. The monoisotopic (exact) mass is 136 g/mol. The Hall–Kier alpha value is -1.02. The van der Waals surface area contributed by atoms with Crippen LogP contribution in [0.3, 0.4) is 0 Å². The molecule has 0 saturated carbocycles. The van der Waals surface area contributed by atoms with Crippen molar-refractivity contribution < 1.29 is 9.84 Å². The fourth-order valence-electron chi connectivity index (χ4n) is 1.16. The van der Waals surface area contributed by atoms with Crippen molar-refractivity contribution in [3.05, 3.63) is 35.6 Å². The highest BCUT2D eigenvalue weighted by atomic mass is 16.5. The van der Waals surface area contributed by atoms with E-state index in [4.69, 9.17) is 9.84 Å². The molecule has 1 N–H and O–H groups in total. The van der Waals surface area contributed by atoms with Crippen LogP contribution in [0.25, 0.3) is 0 Å². The van der Waals surface area contributed by atoms with Gasteiger partial charge in [0.15, 0.2) is 0 Å². The number of rotatable bonds is 0. The minimum Gasteiger partial charge on any atom is -0.508 e. The van der Waals surface area contributed by atoms with Crippen LogP contribution in [-0.2, 0) is 4.74 Å². The highest BCUT2D eigenvalue weighted by molar-refractivity contribution is 5.38. The first-order valence-corrected chi connectivity index (χ1v) is 3.27. The van der Waals surface area contributed by atoms with Gasteiger partial charge in [-0.15, -0.1) is 0 Å². The van der Waals surface area contributed by atoms with E-state index in [2.05, 4.69) is 0 Å². The molecule has 1 aliphatic carbocycles. The molecule has 0 aromatic rings. The molecule has 1 atom stereocenters. The SMILES string of the molecule is OC1=CC2OCC=C2C=C1. The topological polar surface area (TPSA) is 29.5 Å². The Balaban J connectivity index is 2.32. The second-order valence-corrected chi connectivity index (χ2v) is 2.38. The molecule has 0 amide bonds. The van der Waals surface area contributed by atoms with E-state index in [-0.39, 0.29) is 6.10 Å². The Kier molecular flexibility index (Phi) is 1.14. The molecule has 0 aromatic heterocycles. The lowest BCUT2D eigenvalue weighted by molar-refractivity contribution is 0.154. The van der Waals surface area contributed by atoms with E-state index in [0.717, 1.165) is 5.57 Å². The Labute approximate surface area is 59.1 Å². The quantitative estimate of drug-likeness (QED) is 0.544. The number of allylic oxidation sites excluding steroid dienone is 1. The number of aliphatic hydroxyl groups excluding tert-OH is 1. The summed E-state index contributed by atoms with van der Waals surface area (Å²) in [5.74, 6) is 0.295. The standard InChI is InChI=1S/C8H8O2/c9-7-2-1-6-3-4-10-8(6)5-7/h1-3,5,8-9H,4H2. The lowest BCUT2D eigenvalue weighted by Crippen LogP contribution is -2.08. The first-order chi connectivity index (χ1) is 4.86. The molecule has 0 radical (unpaired) electrons. The van der Waals surface area contributed by atoms with Gasteiger partial charge in [-0.3, -0.25) is 0 Å². The van der Waals surface area contributed by atoms with Crippen LogP contribution in [0.15, 0.2) is 35.6 Å². The van der Waals surface area contributed by atoms with Crippen molar-refractivity contribution >= 4 is 0 Å². The normalized spacial score (nSPS) is 29.4. The van der Waals surface area contributed by atoms with Crippen LogP contribution in [0.5, 0.6) is 0 Å². The molecular formula is C8H8O2. The average molecular weight is 136 g/mol. The molecule has 2 rings (SSSR count). The Morgan fingerprint density at radius 3 is 3.30 bits per heavy atom. The Morgan fingerprint density at radius 2 is 2.40 bits per heavy atom. The molecule has 2 heteroatoms. The summed E-state index contributed by atoms with van der Waals surface area (Å²) >= 11 is 0. The number of hydrogen-bond acceptors (Lipinski definition) is 2. The van der Waals surface area contributed by atoms with Crippen molar-refractivity contribution in [1.29, 1.82) is 0 Å². The zero-order chi connectivity index (χ0) is 6.97. The molecule has 2 nitrogen and oxygen atoms in total. The van der Waals surface area contributed by atoms with Gasteiger partial charge < -0.3 is 9.84 Å². The highest BCUT2D eigenvalue weighted by Gasteiger charge is 2.18. The smallest absolute Gasteiger partial charge is 0.114 e. The molecule has 1 unspecified atom stereocenters. The number of ether oxygens (including phenoxy) is 1. The van der Waals surface area contributed by atoms with Gasteiger partial charge in [-0.2, -0.15) is 0 Å². The summed E-state index contributed by atoms with van der Waals surface area (Å²) in [6.45, 7) is 0.661. The van der Waals surface area contributed by atoms with E-state index >= 15 is 0 Å². The maximum absolute atomic E-state index is 9.02. The molecule has 1 aliphatic heterocycles. The van der Waals surface area contributed by atoms with Gasteiger partial charge in [-0.25, -0.2) is 0 Å². The third-order valence-corrected chi connectivity index (χ3v) is 1.69. The Bertz CT molecular complexity index is 236. The van der Waals surface area contributed by atoms with Crippen molar-refractivity contribution in [1.82, 2.24) is 0 Å². The summed E-state index contributed by atoms with van der Waals surface area (Å²) in [6.07, 6.45) is 7.29. The van der Waals surface area contributed by atoms with E-state index in [9.17, 15) is 0 Å². The van der Waals surface area contributed by atoms with E-state index in [1.807, 2.05) is 12.2 Å².